The largest absolute Gasteiger partial charge is 0.454 e. The van der Waals surface area contributed by atoms with Crippen LogP contribution in [0.4, 0.5) is 5.69 Å². The number of anilines is 1. The summed E-state index contributed by atoms with van der Waals surface area (Å²) in [6, 6.07) is 26.0. The summed E-state index contributed by atoms with van der Waals surface area (Å²) in [5.41, 5.74) is 2.38. The first-order valence-corrected chi connectivity index (χ1v) is 15.9. The molecule has 4 atom stereocenters. The van der Waals surface area contributed by atoms with Gasteiger partial charge in [-0.15, -0.1) is 0 Å². The highest BCUT2D eigenvalue weighted by atomic mass is 79.9. The second-order valence-electron chi connectivity index (χ2n) is 9.36. The Hall–Kier alpha value is -2.81. The van der Waals surface area contributed by atoms with E-state index in [0.717, 1.165) is 41.3 Å². The number of rotatable bonds is 11. The van der Waals surface area contributed by atoms with E-state index in [1.807, 2.05) is 97.0 Å². The summed E-state index contributed by atoms with van der Waals surface area (Å²) in [5, 5.41) is 3.35. The van der Waals surface area contributed by atoms with Crippen LogP contribution in [0.2, 0.25) is 0 Å². The highest BCUT2D eigenvalue weighted by Crippen LogP contribution is 2.25. The lowest BCUT2D eigenvalue weighted by Gasteiger charge is -2.35. The Labute approximate surface area is 244 Å². The molecular weight excluding hydrogens is 576 g/mol. The Bertz CT molecular complexity index is 1150. The zero-order valence-corrected chi connectivity index (χ0v) is 25.2. The van der Waals surface area contributed by atoms with E-state index in [0.29, 0.717) is 18.7 Å². The van der Waals surface area contributed by atoms with E-state index in [9.17, 15) is 9.59 Å². The fourth-order valence-corrected chi connectivity index (χ4v) is 5.16. The summed E-state index contributed by atoms with van der Waals surface area (Å²) in [6.45, 7) is 4.02. The van der Waals surface area contributed by atoms with E-state index in [1.54, 1.807) is 0 Å². The number of para-hydroxylation sites is 1. The molecule has 4 rings (SSSR count). The Balaban J connectivity index is 0.00000205. The number of alkyl halides is 1. The highest BCUT2D eigenvalue weighted by Gasteiger charge is 2.36. The molecule has 1 fully saturated rings. The maximum atomic E-state index is 13.5. The SMILES string of the molecule is CBr.CCC1CC[NH+](CC(=O)c2ccc(OSC)cc2)C[C@@H]1OC(=O)[C@H](Nc1ccccc1)c1ccccc1. The van der Waals surface area contributed by atoms with Crippen LogP contribution in [0.25, 0.3) is 0 Å². The molecule has 0 aromatic heterocycles. The first-order valence-electron chi connectivity index (χ1n) is 13.2. The standard InChI is InChI=1S/C30H34N2O4S.CH3Br/c1-3-22-18-19-32(20-27(33)23-14-16-26(17-15-23)36-37-2)21-28(22)35-30(34)29(24-10-6-4-7-11-24)31-25-12-8-5-9-13-25;1-2/h4-17,22,28-29,31H,3,18-21H2,1-2H3;1H3/p+1/t22?,28-,29+;/m0./s1. The van der Waals surface area contributed by atoms with Crippen LogP contribution in [0.5, 0.6) is 5.75 Å². The summed E-state index contributed by atoms with van der Waals surface area (Å²) in [5.74, 6) is 2.60. The third-order valence-electron chi connectivity index (χ3n) is 6.90. The number of ether oxygens (including phenoxy) is 1. The first kappa shape index (κ1) is 30.7. The average molecular weight is 615 g/mol. The number of quaternary nitrogens is 1. The van der Waals surface area contributed by atoms with E-state index in [4.69, 9.17) is 8.92 Å². The Morgan fingerprint density at radius 1 is 1.00 bits per heavy atom. The van der Waals surface area contributed by atoms with Crippen molar-refractivity contribution in [3.8, 4) is 5.75 Å². The van der Waals surface area contributed by atoms with Gasteiger partial charge >= 0.3 is 5.97 Å². The third kappa shape index (κ3) is 9.12. The number of carbonyl (C=O) groups is 2. The van der Waals surface area contributed by atoms with Crippen molar-refractivity contribution in [3.05, 3.63) is 96.1 Å². The highest BCUT2D eigenvalue weighted by molar-refractivity contribution is 9.08. The first-order chi connectivity index (χ1) is 19.1. The van der Waals surface area contributed by atoms with Crippen molar-refractivity contribution in [2.24, 2.45) is 5.92 Å². The molecule has 0 bridgehead atoms. The smallest absolute Gasteiger partial charge is 0.333 e. The molecule has 3 aromatic rings. The summed E-state index contributed by atoms with van der Waals surface area (Å²) in [7, 11) is 0. The van der Waals surface area contributed by atoms with Gasteiger partial charge in [-0.3, -0.25) is 4.79 Å². The molecule has 1 aliphatic rings. The molecule has 0 spiro atoms. The maximum Gasteiger partial charge on any atom is 0.333 e. The molecule has 208 valence electrons. The van der Waals surface area contributed by atoms with Crippen LogP contribution < -0.4 is 14.4 Å². The third-order valence-corrected chi connectivity index (χ3v) is 7.26. The lowest BCUT2D eigenvalue weighted by atomic mass is 9.91. The van der Waals surface area contributed by atoms with Crippen LogP contribution >= 0.6 is 28.0 Å². The number of carbonyl (C=O) groups excluding carboxylic acids is 2. The van der Waals surface area contributed by atoms with E-state index in [2.05, 4.69) is 28.2 Å². The molecular formula is C31H38BrN2O4S+. The Kier molecular flexibility index (Phi) is 12.9. The second-order valence-corrected chi connectivity index (χ2v) is 9.86. The fourth-order valence-electron chi connectivity index (χ4n) is 4.86. The van der Waals surface area contributed by atoms with Gasteiger partial charge in [-0.05, 0) is 54.2 Å². The fraction of sp³-hybridized carbons (Fsp3) is 0.355. The van der Waals surface area contributed by atoms with Gasteiger partial charge in [-0.2, -0.15) is 0 Å². The van der Waals surface area contributed by atoms with Gasteiger partial charge in [0.2, 0.25) is 5.78 Å². The number of halogens is 1. The van der Waals surface area contributed by atoms with Gasteiger partial charge < -0.3 is 19.1 Å². The molecule has 0 saturated carbocycles. The van der Waals surface area contributed by atoms with Crippen molar-refractivity contribution in [2.75, 3.05) is 37.0 Å². The summed E-state index contributed by atoms with van der Waals surface area (Å²) in [6.07, 6.45) is 3.46. The monoisotopic (exact) mass is 613 g/mol. The van der Waals surface area contributed by atoms with Crippen molar-refractivity contribution < 1.29 is 23.4 Å². The molecule has 39 heavy (non-hydrogen) atoms. The molecule has 1 saturated heterocycles. The van der Waals surface area contributed by atoms with Crippen molar-refractivity contribution in [1.82, 2.24) is 0 Å². The van der Waals surface area contributed by atoms with Gasteiger partial charge in [0.25, 0.3) is 0 Å². The number of nitrogens with one attached hydrogen (secondary N) is 2. The minimum absolute atomic E-state index is 0.0821. The quantitative estimate of drug-likeness (QED) is 0.127. The van der Waals surface area contributed by atoms with Gasteiger partial charge in [-0.1, -0.05) is 71.4 Å². The minimum Gasteiger partial charge on any atom is -0.454 e. The van der Waals surface area contributed by atoms with Gasteiger partial charge in [0.15, 0.2) is 12.1 Å². The zero-order valence-electron chi connectivity index (χ0n) is 22.8. The van der Waals surface area contributed by atoms with Crippen LogP contribution in [0.15, 0.2) is 84.9 Å². The number of Topliss-reactive ketones (excluding diaryl/α,β-unsaturated/α-hetero) is 1. The number of likely N-dealkylation sites (tertiary alicyclic amines) is 1. The number of hydrogen-bond donors (Lipinski definition) is 2. The number of hydrogen-bond acceptors (Lipinski definition) is 6. The van der Waals surface area contributed by atoms with Crippen molar-refractivity contribution in [1.29, 1.82) is 0 Å². The zero-order chi connectivity index (χ0) is 28.0. The van der Waals surface area contributed by atoms with Gasteiger partial charge in [0.05, 0.1) is 18.6 Å². The number of piperidine rings is 1. The number of benzene rings is 3. The predicted octanol–water partition coefficient (Wildman–Crippen LogP) is 5.62. The average Bonchev–Trinajstić information content (AvgIpc) is 2.98. The van der Waals surface area contributed by atoms with E-state index >= 15 is 0 Å². The molecule has 0 aliphatic carbocycles. The van der Waals surface area contributed by atoms with Crippen molar-refractivity contribution >= 4 is 45.4 Å². The van der Waals surface area contributed by atoms with Crippen molar-refractivity contribution in [3.63, 3.8) is 0 Å². The van der Waals surface area contributed by atoms with Crippen LogP contribution in [0, 0.1) is 5.92 Å². The van der Waals surface area contributed by atoms with Crippen LogP contribution in [-0.4, -0.2) is 49.6 Å². The molecule has 8 heteroatoms. The molecule has 3 aromatic carbocycles. The van der Waals surface area contributed by atoms with Crippen LogP contribution in [-0.2, 0) is 9.53 Å². The lowest BCUT2D eigenvalue weighted by Crippen LogP contribution is -3.15. The van der Waals surface area contributed by atoms with E-state index < -0.39 is 6.04 Å². The molecule has 6 nitrogen and oxygen atoms in total. The van der Waals surface area contributed by atoms with E-state index in [1.165, 1.54) is 12.0 Å². The minimum atomic E-state index is -0.616. The molecule has 0 radical (unpaired) electrons. The van der Waals surface area contributed by atoms with Gasteiger partial charge in [0.1, 0.15) is 18.8 Å². The van der Waals surface area contributed by atoms with Crippen molar-refractivity contribution in [2.45, 2.75) is 31.9 Å². The summed E-state index contributed by atoms with van der Waals surface area (Å²) in [4.78, 5) is 27.7. The maximum absolute atomic E-state index is 13.5. The molecule has 1 heterocycles. The molecule has 2 unspecified atom stereocenters. The number of esters is 1. The summed E-state index contributed by atoms with van der Waals surface area (Å²) >= 11 is 4.21. The predicted molar refractivity (Wildman–Crippen MR) is 163 cm³/mol. The topological polar surface area (TPSA) is 69.1 Å². The molecule has 2 N–H and O–H groups in total. The number of ketones is 1. The molecule has 0 amide bonds. The van der Waals surface area contributed by atoms with E-state index in [-0.39, 0.29) is 23.8 Å². The Morgan fingerprint density at radius 2 is 1.64 bits per heavy atom. The lowest BCUT2D eigenvalue weighted by molar-refractivity contribution is -0.901. The Morgan fingerprint density at radius 3 is 2.26 bits per heavy atom. The molecule has 1 aliphatic heterocycles. The normalized spacial score (nSPS) is 19.1. The van der Waals surface area contributed by atoms with Crippen LogP contribution in [0.1, 0.15) is 41.7 Å². The second kappa shape index (κ2) is 16.3. The van der Waals surface area contributed by atoms with Gasteiger partial charge in [-0.25, -0.2) is 4.79 Å². The van der Waals surface area contributed by atoms with Gasteiger partial charge in [0, 0.05) is 29.8 Å². The summed E-state index contributed by atoms with van der Waals surface area (Å²) < 4.78 is 11.6. The van der Waals surface area contributed by atoms with Crippen LogP contribution in [0.3, 0.4) is 0 Å².